The van der Waals surface area contributed by atoms with Crippen LogP contribution in [-0.2, 0) is 9.59 Å². The van der Waals surface area contributed by atoms with Crippen LogP contribution in [0, 0.1) is 5.41 Å². The second-order valence-electron chi connectivity index (χ2n) is 4.89. The van der Waals surface area contributed by atoms with E-state index in [2.05, 4.69) is 0 Å². The summed E-state index contributed by atoms with van der Waals surface area (Å²) < 4.78 is 0. The minimum Gasteiger partial charge on any atom is -0.480 e. The van der Waals surface area contributed by atoms with Gasteiger partial charge in [0.25, 0.3) is 0 Å². The maximum Gasteiger partial charge on any atom is 0.326 e. The number of hydrogen-bond acceptors (Lipinski definition) is 4. The first-order valence-corrected chi connectivity index (χ1v) is 6.33. The summed E-state index contributed by atoms with van der Waals surface area (Å²) in [6.45, 7) is 4.02. The third kappa shape index (κ3) is 2.49. The van der Waals surface area contributed by atoms with E-state index in [1.54, 1.807) is 0 Å². The molecule has 1 aliphatic heterocycles. The van der Waals surface area contributed by atoms with Crippen molar-refractivity contribution in [3.8, 4) is 0 Å². The molecule has 0 aromatic heterocycles. The van der Waals surface area contributed by atoms with Gasteiger partial charge in [0, 0.05) is 19.5 Å². The molecule has 6 heteroatoms. The van der Waals surface area contributed by atoms with E-state index in [0.717, 1.165) is 0 Å². The van der Waals surface area contributed by atoms with Crippen LogP contribution in [0.4, 0.5) is 0 Å². The van der Waals surface area contributed by atoms with Crippen LogP contribution in [0.25, 0.3) is 0 Å². The lowest BCUT2D eigenvalue weighted by Gasteiger charge is -2.34. The van der Waals surface area contributed by atoms with Crippen LogP contribution in [0.3, 0.4) is 0 Å². The number of carboxylic acids is 1. The number of carbonyl (C=O) groups excluding carboxylic acids is 1. The Balaban J connectivity index is 2.97. The van der Waals surface area contributed by atoms with E-state index >= 15 is 0 Å². The van der Waals surface area contributed by atoms with E-state index in [9.17, 15) is 14.7 Å². The minimum atomic E-state index is -1.07. The molecule has 0 spiro atoms. The van der Waals surface area contributed by atoms with Crippen LogP contribution in [0.1, 0.15) is 33.1 Å². The molecular weight excluding hydrogens is 236 g/mol. The molecule has 1 heterocycles. The lowest BCUT2D eigenvalue weighted by atomic mass is 9.80. The highest BCUT2D eigenvalue weighted by atomic mass is 16.4. The summed E-state index contributed by atoms with van der Waals surface area (Å²) in [6, 6.07) is -0.934. The molecule has 0 aromatic rings. The fraction of sp³-hybridized carbons (Fsp3) is 0.833. The van der Waals surface area contributed by atoms with Crippen LogP contribution in [0.15, 0.2) is 0 Å². The van der Waals surface area contributed by atoms with Gasteiger partial charge in [0.05, 0.1) is 11.5 Å². The van der Waals surface area contributed by atoms with Gasteiger partial charge in [-0.3, -0.25) is 4.79 Å². The maximum absolute atomic E-state index is 12.5. The van der Waals surface area contributed by atoms with Gasteiger partial charge in [-0.15, -0.1) is 0 Å². The summed E-state index contributed by atoms with van der Waals surface area (Å²) in [6.07, 6.45) is 0.462. The molecule has 0 aliphatic carbocycles. The number of aliphatic hydroxyl groups excluding tert-OH is 1. The number of β-amino-alcohol motifs (C(OH)–C–C–N with tert-alkyl or cyclic N) is 1. The zero-order valence-electron chi connectivity index (χ0n) is 10.9. The first-order chi connectivity index (χ1) is 8.41. The van der Waals surface area contributed by atoms with Gasteiger partial charge in [-0.1, -0.05) is 13.8 Å². The quantitative estimate of drug-likeness (QED) is 0.633. The average molecular weight is 258 g/mol. The molecule has 6 nitrogen and oxygen atoms in total. The Labute approximate surface area is 107 Å². The number of likely N-dealkylation sites (tertiary alicyclic amines) is 1. The fourth-order valence-electron chi connectivity index (χ4n) is 2.51. The van der Waals surface area contributed by atoms with Gasteiger partial charge in [0.2, 0.25) is 5.91 Å². The Morgan fingerprint density at radius 1 is 1.39 bits per heavy atom. The van der Waals surface area contributed by atoms with Crippen molar-refractivity contribution in [2.45, 2.75) is 45.3 Å². The van der Waals surface area contributed by atoms with Crippen molar-refractivity contribution in [3.05, 3.63) is 0 Å². The third-order valence-electron chi connectivity index (χ3n) is 4.02. The summed E-state index contributed by atoms with van der Waals surface area (Å²) in [5.41, 5.74) is 4.99. The summed E-state index contributed by atoms with van der Waals surface area (Å²) in [7, 11) is 0. The van der Waals surface area contributed by atoms with E-state index in [1.165, 1.54) is 4.90 Å². The molecule has 1 saturated heterocycles. The van der Waals surface area contributed by atoms with Gasteiger partial charge >= 0.3 is 5.97 Å². The first kappa shape index (κ1) is 14.9. The lowest BCUT2D eigenvalue weighted by Crippen LogP contribution is -2.51. The number of rotatable bonds is 5. The van der Waals surface area contributed by atoms with Gasteiger partial charge in [-0.2, -0.15) is 0 Å². The standard InChI is InChI=1S/C12H22N2O4/c1-3-12(4-2,7-13)11(18)14-6-8(15)5-9(14)10(16)17/h8-9,15H,3-7,13H2,1-2H3,(H,16,17)/t8-,9+/m1/s1. The van der Waals surface area contributed by atoms with Crippen molar-refractivity contribution in [1.29, 1.82) is 0 Å². The van der Waals surface area contributed by atoms with Crippen molar-refractivity contribution in [2.75, 3.05) is 13.1 Å². The zero-order valence-corrected chi connectivity index (χ0v) is 10.9. The number of aliphatic carboxylic acids is 1. The molecule has 0 unspecified atom stereocenters. The second kappa shape index (κ2) is 5.67. The Bertz CT molecular complexity index is 320. The summed E-state index contributed by atoms with van der Waals surface area (Å²) >= 11 is 0. The van der Waals surface area contributed by atoms with Gasteiger partial charge in [-0.25, -0.2) is 4.79 Å². The molecule has 104 valence electrons. The number of nitrogens with zero attached hydrogens (tertiary/aromatic N) is 1. The number of hydrogen-bond donors (Lipinski definition) is 3. The highest BCUT2D eigenvalue weighted by molar-refractivity contribution is 5.88. The summed E-state index contributed by atoms with van der Waals surface area (Å²) in [5, 5.41) is 18.7. The van der Waals surface area contributed by atoms with Crippen molar-refractivity contribution in [1.82, 2.24) is 4.90 Å². The van der Waals surface area contributed by atoms with Crippen LogP contribution >= 0.6 is 0 Å². The summed E-state index contributed by atoms with van der Waals surface area (Å²) in [4.78, 5) is 24.9. The second-order valence-corrected chi connectivity index (χ2v) is 4.89. The Hall–Kier alpha value is -1.14. The number of carboxylic acid groups (broad SMARTS) is 1. The number of aliphatic hydroxyl groups is 1. The lowest BCUT2D eigenvalue weighted by molar-refractivity contribution is -0.153. The van der Waals surface area contributed by atoms with Crippen LogP contribution in [0.2, 0.25) is 0 Å². The van der Waals surface area contributed by atoms with Crippen molar-refractivity contribution in [2.24, 2.45) is 11.1 Å². The minimum absolute atomic E-state index is 0.0809. The van der Waals surface area contributed by atoms with Gasteiger partial charge in [0.1, 0.15) is 6.04 Å². The average Bonchev–Trinajstić information content (AvgIpc) is 2.74. The van der Waals surface area contributed by atoms with Crippen LogP contribution in [-0.4, -0.2) is 52.2 Å². The van der Waals surface area contributed by atoms with Gasteiger partial charge < -0.3 is 20.8 Å². The van der Waals surface area contributed by atoms with Crippen molar-refractivity contribution >= 4 is 11.9 Å². The molecule has 0 bridgehead atoms. The van der Waals surface area contributed by atoms with E-state index < -0.39 is 23.5 Å². The molecule has 4 N–H and O–H groups in total. The highest BCUT2D eigenvalue weighted by Crippen LogP contribution is 2.31. The summed E-state index contributed by atoms with van der Waals surface area (Å²) in [5.74, 6) is -1.32. The van der Waals surface area contributed by atoms with Gasteiger partial charge in [0.15, 0.2) is 0 Å². The Morgan fingerprint density at radius 2 is 1.94 bits per heavy atom. The van der Waals surface area contributed by atoms with E-state index in [1.807, 2.05) is 13.8 Å². The van der Waals surface area contributed by atoms with E-state index in [0.29, 0.717) is 12.8 Å². The van der Waals surface area contributed by atoms with Gasteiger partial charge in [-0.05, 0) is 12.8 Å². The van der Waals surface area contributed by atoms with E-state index in [4.69, 9.17) is 10.8 Å². The first-order valence-electron chi connectivity index (χ1n) is 6.33. The largest absolute Gasteiger partial charge is 0.480 e. The maximum atomic E-state index is 12.5. The normalized spacial score (nSPS) is 24.3. The van der Waals surface area contributed by atoms with Crippen LogP contribution in [0.5, 0.6) is 0 Å². The van der Waals surface area contributed by atoms with Crippen molar-refractivity contribution in [3.63, 3.8) is 0 Å². The molecule has 0 saturated carbocycles. The van der Waals surface area contributed by atoms with Crippen molar-refractivity contribution < 1.29 is 19.8 Å². The zero-order chi connectivity index (χ0) is 13.9. The Morgan fingerprint density at radius 3 is 2.33 bits per heavy atom. The number of nitrogens with two attached hydrogens (primary N) is 1. The number of amides is 1. The van der Waals surface area contributed by atoms with E-state index in [-0.39, 0.29) is 25.4 Å². The number of carbonyl (C=O) groups is 2. The predicted molar refractivity (Wildman–Crippen MR) is 65.8 cm³/mol. The fourth-order valence-corrected chi connectivity index (χ4v) is 2.51. The predicted octanol–water partition coefficient (Wildman–Crippen LogP) is -0.202. The monoisotopic (exact) mass is 258 g/mol. The third-order valence-corrected chi connectivity index (χ3v) is 4.02. The molecule has 1 amide bonds. The smallest absolute Gasteiger partial charge is 0.326 e. The molecule has 1 rings (SSSR count). The molecule has 2 atom stereocenters. The Kier molecular flexibility index (Phi) is 4.70. The molecular formula is C12H22N2O4. The molecule has 1 aliphatic rings. The topological polar surface area (TPSA) is 104 Å². The molecule has 18 heavy (non-hydrogen) atoms. The highest BCUT2D eigenvalue weighted by Gasteiger charge is 2.45. The SMILES string of the molecule is CCC(CC)(CN)C(=O)N1C[C@H](O)C[C@H]1C(=O)O. The molecule has 1 fully saturated rings. The molecule has 0 aromatic carbocycles. The van der Waals surface area contributed by atoms with Crippen LogP contribution < -0.4 is 5.73 Å². The molecule has 0 radical (unpaired) electrons.